The smallest absolute Gasteiger partial charge is 0.425 e. The summed E-state index contributed by atoms with van der Waals surface area (Å²) < 4.78 is 216. The monoisotopic (exact) mass is 2060 g/mol. The van der Waals surface area contributed by atoms with Gasteiger partial charge in [-0.25, -0.2) is 0 Å². The van der Waals surface area contributed by atoms with Gasteiger partial charge in [0.15, 0.2) is 22.3 Å². The Bertz CT molecular complexity index is 3150. The second-order valence-corrected chi connectivity index (χ2v) is 71.2. The van der Waals surface area contributed by atoms with Gasteiger partial charge in [-0.2, -0.15) is 65.9 Å². The fraction of sp³-hybridized carbons (Fsp3) is 0.943. The lowest BCUT2D eigenvalue weighted by Crippen LogP contribution is -2.54. The fourth-order valence-corrected chi connectivity index (χ4v) is 24.1. The number of esters is 5. The van der Waals surface area contributed by atoms with Gasteiger partial charge in [-0.1, -0.05) is 281 Å². The predicted octanol–water partition coefficient (Wildman–Crippen LogP) is 36.3. The van der Waals surface area contributed by atoms with Crippen LogP contribution in [0.3, 0.4) is 0 Å². The van der Waals surface area contributed by atoms with Gasteiger partial charge in [0.2, 0.25) is 5.91 Å². The average molecular weight is 2060 g/mol. The number of carbonyl (C=O) groups excluding carboxylic acids is 6. The lowest BCUT2D eigenvalue weighted by Gasteiger charge is -2.39. The number of carbonyl (C=O) groups is 6. The lowest BCUT2D eigenvalue weighted by atomic mass is 9.72. The van der Waals surface area contributed by atoms with E-state index in [4.69, 9.17) is 18.9 Å². The Kier molecular flexibility index (Phi) is 68.0. The Labute approximate surface area is 826 Å². The van der Waals surface area contributed by atoms with E-state index in [1.807, 2.05) is 48.5 Å². The minimum absolute atomic E-state index is 0.0108. The summed E-state index contributed by atoms with van der Waals surface area (Å²) in [5.74, 6) is -0.858. The highest BCUT2D eigenvalue weighted by atomic mass is 28.3. The minimum atomic E-state index is -4.59. The van der Waals surface area contributed by atoms with E-state index in [0.29, 0.717) is 25.2 Å². The Morgan fingerprint density at radius 2 is 0.625 bits per heavy atom. The van der Waals surface area contributed by atoms with Crippen molar-refractivity contribution in [1.29, 1.82) is 0 Å². The Balaban J connectivity index is -0.000000226. The van der Waals surface area contributed by atoms with Gasteiger partial charge >= 0.3 is 60.7 Å². The van der Waals surface area contributed by atoms with Gasteiger partial charge < -0.3 is 28.6 Å². The van der Waals surface area contributed by atoms with Crippen molar-refractivity contribution in [2.45, 2.75) is 560 Å². The molecule has 0 aromatic rings. The van der Waals surface area contributed by atoms with Crippen molar-refractivity contribution in [3.8, 4) is 0 Å². The summed E-state index contributed by atoms with van der Waals surface area (Å²) in [6.45, 7) is 96.1. The minimum Gasteiger partial charge on any atom is -0.462 e. The number of amides is 1. The molecule has 9 atom stereocenters. The predicted molar refractivity (Wildman–Crippen MR) is 549 cm³/mol. The van der Waals surface area contributed by atoms with Gasteiger partial charge in [-0.15, -0.1) is 0 Å². The topological polar surface area (TPSA) is 152 Å². The molecule has 2 aliphatic carbocycles. The molecule has 0 saturated heterocycles. The molecule has 0 radical (unpaired) electrons. The summed E-state index contributed by atoms with van der Waals surface area (Å²) in [5, 5.41) is 0. The third-order valence-corrected chi connectivity index (χ3v) is 34.0. The maximum absolute atomic E-state index is 13.0. The van der Waals surface area contributed by atoms with Crippen LogP contribution in [-0.2, 0) is 52.5 Å². The number of ether oxygens (including phenoxy) is 5. The van der Waals surface area contributed by atoms with Crippen LogP contribution in [0.25, 0.3) is 0 Å². The molecule has 136 heavy (non-hydrogen) atoms. The molecule has 0 N–H and O–H groups in total. The maximum atomic E-state index is 13.0. The standard InChI is InChI=1S/C16H27F3O2.C13H23F3O2.C13H24O2.C12H22F3NO.C10H17F3O2.C9H15F3O2.4C8H20Si/c1-6-15(5,16(17,18)19)13(20)21-12-9-7-11(8-10-12)14(2,3)4;1-7-12(6,13(14,15)16)11(17)18-10(8(2)3)9(4)5;1-5-12(3,4)11(14)15-13(6-2)9-7-8-10-13;1-7-11(6,12(13,14)15)10(17)16(8(2)3)9(4)5;1-6-9(5,10(11,12)13)7(14)15-8(2,3)4;1-5-8(3,4)7(13)14-6(2)9(10,11)12;4*1-6-8(2)7-9(3,4)5/h11-12H,6-10H2,1-5H3;8-10H,7H2,1-6H3;5-10H2,1-4H3;8-9H,7H2,1-6H3;6H2,1-5H3;6H,5H2,1-4H3;4*8H,6-7H2,1-5H3. The van der Waals surface area contributed by atoms with Gasteiger partial charge in [0.05, 0.1) is 10.8 Å². The number of hydrogen-bond donors (Lipinski definition) is 0. The molecule has 12 nitrogen and oxygen atoms in total. The first-order valence-electron chi connectivity index (χ1n) is 51.0. The Hall–Kier alpha value is -3.36. The molecule has 1 amide bonds. The van der Waals surface area contributed by atoms with Crippen LogP contribution >= 0.6 is 0 Å². The van der Waals surface area contributed by atoms with Crippen LogP contribution in [0, 0.1) is 79.3 Å². The third kappa shape index (κ3) is 60.4. The summed E-state index contributed by atoms with van der Waals surface area (Å²) >= 11 is 0. The van der Waals surface area contributed by atoms with Crippen molar-refractivity contribution in [1.82, 2.24) is 4.90 Å². The van der Waals surface area contributed by atoms with Crippen LogP contribution in [0.4, 0.5) is 65.9 Å². The molecular weight excluding hydrogens is 1850 g/mol. The molecule has 31 heteroatoms. The Morgan fingerprint density at radius 1 is 0.353 bits per heavy atom. The highest BCUT2D eigenvalue weighted by molar-refractivity contribution is 6.77. The van der Waals surface area contributed by atoms with Crippen LogP contribution < -0.4 is 0 Å². The van der Waals surface area contributed by atoms with Crippen molar-refractivity contribution >= 4 is 68.0 Å². The second-order valence-electron chi connectivity index (χ2n) is 49.0. The first-order valence-corrected chi connectivity index (χ1v) is 65.8. The number of halogens is 15. The summed E-state index contributed by atoms with van der Waals surface area (Å²) in [7, 11) is -2.97. The van der Waals surface area contributed by atoms with Crippen LogP contribution in [0.2, 0.25) is 103 Å². The SMILES string of the molecule is CCC(C)(C(=O)N(C(C)C)C(C)C)C(F)(F)F.CCC(C)(C(=O)OC(C(C)C)C(C)C)C(F)(F)F.CCC(C)(C(=O)OC(C)(C)C)C(F)(F)F.CCC(C)(C(=O)OC1CCC(C(C)(C)C)CC1)C(F)(F)F.CCC(C)(C)C(=O)OC(C)C(F)(F)F.CCC(C)C[Si](C)(C)C.CCC(C)C[Si](C)(C)C.CCC(C)C[Si](C)(C)C.CCC(C)C[Si](C)(C)C.CCC1(OC(=O)C(C)(C)CC)CCCC1. The highest BCUT2D eigenvalue weighted by Crippen LogP contribution is 2.48. The molecule has 0 aliphatic heterocycles. The third-order valence-electron chi connectivity index (χ3n) is 26.3. The van der Waals surface area contributed by atoms with Gasteiger partial charge in [0, 0.05) is 44.4 Å². The van der Waals surface area contributed by atoms with Gasteiger partial charge in [0.25, 0.3) is 0 Å². The summed E-state index contributed by atoms with van der Waals surface area (Å²) in [6.07, 6.45) is -11.6. The molecule has 9 unspecified atom stereocenters. The van der Waals surface area contributed by atoms with E-state index in [2.05, 4.69) is 166 Å². The van der Waals surface area contributed by atoms with Crippen LogP contribution in [-0.4, -0.2) is 145 Å². The van der Waals surface area contributed by atoms with Crippen molar-refractivity contribution in [3.63, 3.8) is 0 Å². The van der Waals surface area contributed by atoms with Crippen LogP contribution in [0.5, 0.6) is 0 Å². The molecule has 0 spiro atoms. The molecule has 820 valence electrons. The normalized spacial score (nSPS) is 18.2. The first-order chi connectivity index (χ1) is 60.2. The summed E-state index contributed by atoms with van der Waals surface area (Å²) in [4.78, 5) is 71.8. The first kappa shape index (κ1) is 148. The number of alkyl halides is 15. The molecule has 2 rings (SSSR count). The zero-order valence-corrected chi connectivity index (χ0v) is 99.8. The van der Waals surface area contributed by atoms with Crippen LogP contribution in [0.15, 0.2) is 0 Å². The molecular formula is C105H208F15NO11Si4. The fourth-order valence-electron chi connectivity index (χ4n) is 14.5. The largest absolute Gasteiger partial charge is 0.462 e. The number of nitrogens with zero attached hydrogens (tertiary/aromatic N) is 1. The van der Waals surface area contributed by atoms with Gasteiger partial charge in [0.1, 0.15) is 28.8 Å². The average Bonchev–Trinajstić information content (AvgIpc) is 0.800. The molecule has 0 aromatic carbocycles. The summed E-state index contributed by atoms with van der Waals surface area (Å²) in [5.41, 5.74) is -11.6. The van der Waals surface area contributed by atoms with E-state index >= 15 is 0 Å². The van der Waals surface area contributed by atoms with E-state index in [1.54, 1.807) is 48.5 Å². The quantitative estimate of drug-likeness (QED) is 0.0267. The van der Waals surface area contributed by atoms with E-state index in [1.165, 1.54) is 116 Å². The van der Waals surface area contributed by atoms with Crippen LogP contribution in [0.1, 0.15) is 385 Å². The van der Waals surface area contributed by atoms with E-state index < -0.39 is 138 Å². The number of hydrogen-bond acceptors (Lipinski definition) is 11. The van der Waals surface area contributed by atoms with E-state index in [9.17, 15) is 94.6 Å². The zero-order chi connectivity index (χ0) is 111. The van der Waals surface area contributed by atoms with Crippen molar-refractivity contribution in [3.05, 3.63) is 0 Å². The maximum Gasteiger partial charge on any atom is 0.425 e. The van der Waals surface area contributed by atoms with E-state index in [0.717, 1.165) is 96.8 Å². The molecule has 0 aromatic heterocycles. The van der Waals surface area contributed by atoms with E-state index in [-0.39, 0.29) is 78.1 Å². The molecule has 0 bridgehead atoms. The molecule has 2 saturated carbocycles. The zero-order valence-electron chi connectivity index (χ0n) is 95.8. The molecule has 0 heterocycles. The molecule has 2 aliphatic rings. The molecule has 2 fully saturated rings. The highest BCUT2D eigenvalue weighted by Gasteiger charge is 2.61. The number of rotatable bonds is 33. The van der Waals surface area contributed by atoms with Gasteiger partial charge in [-0.05, 0) is 254 Å². The lowest BCUT2D eigenvalue weighted by molar-refractivity contribution is -0.237. The van der Waals surface area contributed by atoms with Gasteiger partial charge in [-0.3, -0.25) is 28.8 Å². The summed E-state index contributed by atoms with van der Waals surface area (Å²) in [6, 6.07) is 5.48. The van der Waals surface area contributed by atoms with Crippen molar-refractivity contribution in [2.24, 2.45) is 79.3 Å². The second kappa shape index (κ2) is 62.5. The van der Waals surface area contributed by atoms with Crippen molar-refractivity contribution in [2.75, 3.05) is 0 Å². The van der Waals surface area contributed by atoms with Crippen molar-refractivity contribution < 1.29 is 118 Å². The Morgan fingerprint density at radius 3 is 0.831 bits per heavy atom.